The Balaban J connectivity index is 1.94. The van der Waals surface area contributed by atoms with Gasteiger partial charge < -0.3 is 5.32 Å². The maximum absolute atomic E-state index is 4.36. The van der Waals surface area contributed by atoms with Gasteiger partial charge in [-0.2, -0.15) is 5.10 Å². The fourth-order valence-electron chi connectivity index (χ4n) is 2.77. The number of hydrogen-bond acceptors (Lipinski definition) is 2. The number of nitrogens with zero attached hydrogens (tertiary/aromatic N) is 2. The summed E-state index contributed by atoms with van der Waals surface area (Å²) in [6.07, 6.45) is 5.92. The molecule has 1 aliphatic rings. The molecule has 1 N–H and O–H groups in total. The molecule has 1 aromatic heterocycles. The molecule has 1 heterocycles. The van der Waals surface area contributed by atoms with Crippen molar-refractivity contribution in [2.75, 3.05) is 5.32 Å². The predicted octanol–water partition coefficient (Wildman–Crippen LogP) is 2.66. The molecule has 1 saturated carbocycles. The summed E-state index contributed by atoms with van der Waals surface area (Å²) in [5, 5.41) is 7.89. The maximum atomic E-state index is 4.36. The summed E-state index contributed by atoms with van der Waals surface area (Å²) in [4.78, 5) is 0. The molecule has 0 saturated heterocycles. The SMILES string of the molecule is C[C@H]1CC(Nc2ccn(C)n2)C[C@H](C)C1. The van der Waals surface area contributed by atoms with Gasteiger partial charge in [0, 0.05) is 25.4 Å². The zero-order valence-corrected chi connectivity index (χ0v) is 9.90. The van der Waals surface area contributed by atoms with Crippen molar-refractivity contribution in [3.63, 3.8) is 0 Å². The van der Waals surface area contributed by atoms with Gasteiger partial charge in [-0.15, -0.1) is 0 Å². The Morgan fingerprint density at radius 1 is 1.27 bits per heavy atom. The molecule has 1 fully saturated rings. The molecule has 15 heavy (non-hydrogen) atoms. The van der Waals surface area contributed by atoms with Gasteiger partial charge in [0.1, 0.15) is 5.82 Å². The summed E-state index contributed by atoms with van der Waals surface area (Å²) in [5.74, 6) is 2.70. The highest BCUT2D eigenvalue weighted by Gasteiger charge is 2.23. The number of anilines is 1. The minimum Gasteiger partial charge on any atom is -0.366 e. The second-order valence-corrected chi connectivity index (χ2v) is 5.13. The van der Waals surface area contributed by atoms with E-state index in [1.807, 2.05) is 24.0 Å². The number of rotatable bonds is 2. The van der Waals surface area contributed by atoms with Crippen LogP contribution in [0, 0.1) is 11.8 Å². The van der Waals surface area contributed by atoms with Gasteiger partial charge in [0.15, 0.2) is 0 Å². The second-order valence-electron chi connectivity index (χ2n) is 5.13. The Hall–Kier alpha value is -0.990. The van der Waals surface area contributed by atoms with E-state index in [0.29, 0.717) is 6.04 Å². The van der Waals surface area contributed by atoms with Crippen molar-refractivity contribution in [3.8, 4) is 0 Å². The normalized spacial score (nSPS) is 31.5. The van der Waals surface area contributed by atoms with E-state index in [-0.39, 0.29) is 0 Å². The van der Waals surface area contributed by atoms with Gasteiger partial charge in [-0.05, 0) is 31.1 Å². The third-order valence-electron chi connectivity index (χ3n) is 3.24. The third-order valence-corrected chi connectivity index (χ3v) is 3.24. The molecule has 0 spiro atoms. The van der Waals surface area contributed by atoms with E-state index < -0.39 is 0 Å². The quantitative estimate of drug-likeness (QED) is 0.808. The summed E-state index contributed by atoms with van der Waals surface area (Å²) in [6, 6.07) is 2.66. The monoisotopic (exact) mass is 207 g/mol. The van der Waals surface area contributed by atoms with Crippen LogP contribution < -0.4 is 5.32 Å². The van der Waals surface area contributed by atoms with Gasteiger partial charge in [0.2, 0.25) is 0 Å². The molecule has 0 aromatic carbocycles. The lowest BCUT2D eigenvalue weighted by Crippen LogP contribution is -2.30. The van der Waals surface area contributed by atoms with Crippen LogP contribution in [-0.4, -0.2) is 15.8 Å². The second kappa shape index (κ2) is 4.25. The molecular weight excluding hydrogens is 186 g/mol. The first-order valence-electron chi connectivity index (χ1n) is 5.89. The van der Waals surface area contributed by atoms with E-state index in [4.69, 9.17) is 0 Å². The number of aromatic nitrogens is 2. The van der Waals surface area contributed by atoms with Crippen molar-refractivity contribution < 1.29 is 0 Å². The molecule has 2 atom stereocenters. The van der Waals surface area contributed by atoms with Crippen LogP contribution in [0.15, 0.2) is 12.3 Å². The highest BCUT2D eigenvalue weighted by Crippen LogP contribution is 2.29. The van der Waals surface area contributed by atoms with Gasteiger partial charge in [-0.25, -0.2) is 0 Å². The maximum Gasteiger partial charge on any atom is 0.148 e. The molecule has 3 heteroatoms. The molecule has 0 aliphatic heterocycles. The van der Waals surface area contributed by atoms with Crippen molar-refractivity contribution in [3.05, 3.63) is 12.3 Å². The van der Waals surface area contributed by atoms with Crippen molar-refractivity contribution in [1.82, 2.24) is 9.78 Å². The van der Waals surface area contributed by atoms with Crippen LogP contribution in [0.25, 0.3) is 0 Å². The van der Waals surface area contributed by atoms with E-state index >= 15 is 0 Å². The van der Waals surface area contributed by atoms with Crippen LogP contribution in [0.2, 0.25) is 0 Å². The average Bonchev–Trinajstić information content (AvgIpc) is 2.49. The van der Waals surface area contributed by atoms with Crippen LogP contribution in [0.5, 0.6) is 0 Å². The average molecular weight is 207 g/mol. The smallest absolute Gasteiger partial charge is 0.148 e. The van der Waals surface area contributed by atoms with Crippen LogP contribution in [-0.2, 0) is 7.05 Å². The molecule has 0 bridgehead atoms. The van der Waals surface area contributed by atoms with E-state index in [2.05, 4.69) is 24.3 Å². The van der Waals surface area contributed by atoms with Gasteiger partial charge in [-0.1, -0.05) is 13.8 Å². The number of hydrogen-bond donors (Lipinski definition) is 1. The minimum atomic E-state index is 0.610. The van der Waals surface area contributed by atoms with Crippen molar-refractivity contribution in [2.24, 2.45) is 18.9 Å². The summed E-state index contributed by atoms with van der Waals surface area (Å²) in [7, 11) is 1.96. The lowest BCUT2D eigenvalue weighted by atomic mass is 9.80. The van der Waals surface area contributed by atoms with Gasteiger partial charge in [0.25, 0.3) is 0 Å². The highest BCUT2D eigenvalue weighted by molar-refractivity contribution is 5.33. The third kappa shape index (κ3) is 2.74. The summed E-state index contributed by atoms with van der Waals surface area (Å²) in [5.41, 5.74) is 0. The Morgan fingerprint density at radius 3 is 2.47 bits per heavy atom. The Kier molecular flexibility index (Phi) is 2.98. The van der Waals surface area contributed by atoms with Crippen LogP contribution >= 0.6 is 0 Å². The van der Waals surface area contributed by atoms with E-state index in [1.54, 1.807) is 0 Å². The van der Waals surface area contributed by atoms with Crippen molar-refractivity contribution in [2.45, 2.75) is 39.2 Å². The molecular formula is C12H21N3. The molecule has 84 valence electrons. The van der Waals surface area contributed by atoms with Crippen molar-refractivity contribution in [1.29, 1.82) is 0 Å². The summed E-state index contributed by atoms with van der Waals surface area (Å²) in [6.45, 7) is 4.70. The standard InChI is InChI=1S/C12H21N3/c1-9-6-10(2)8-11(7-9)13-12-4-5-15(3)14-12/h4-5,9-11H,6-8H2,1-3H3,(H,13,14)/t9-,10-/m1/s1. The van der Waals surface area contributed by atoms with E-state index in [9.17, 15) is 0 Å². The Labute approximate surface area is 91.9 Å². The summed E-state index contributed by atoms with van der Waals surface area (Å²) < 4.78 is 1.85. The summed E-state index contributed by atoms with van der Waals surface area (Å²) >= 11 is 0. The van der Waals surface area contributed by atoms with Crippen LogP contribution in [0.1, 0.15) is 33.1 Å². The predicted molar refractivity (Wildman–Crippen MR) is 62.8 cm³/mol. The first-order valence-corrected chi connectivity index (χ1v) is 5.89. The lowest BCUT2D eigenvalue weighted by Gasteiger charge is -2.31. The molecule has 1 aliphatic carbocycles. The molecule has 2 rings (SSSR count). The highest BCUT2D eigenvalue weighted by atomic mass is 15.3. The van der Waals surface area contributed by atoms with Gasteiger partial charge >= 0.3 is 0 Å². The van der Waals surface area contributed by atoms with E-state index in [0.717, 1.165) is 17.7 Å². The first kappa shape index (κ1) is 10.5. The fourth-order valence-corrected chi connectivity index (χ4v) is 2.77. The van der Waals surface area contributed by atoms with Gasteiger partial charge in [0.05, 0.1) is 0 Å². The lowest BCUT2D eigenvalue weighted by molar-refractivity contribution is 0.280. The van der Waals surface area contributed by atoms with Crippen LogP contribution in [0.3, 0.4) is 0 Å². The van der Waals surface area contributed by atoms with E-state index in [1.165, 1.54) is 19.3 Å². The topological polar surface area (TPSA) is 29.9 Å². The van der Waals surface area contributed by atoms with Crippen LogP contribution in [0.4, 0.5) is 5.82 Å². The Bertz CT molecular complexity index is 308. The van der Waals surface area contributed by atoms with Crippen molar-refractivity contribution >= 4 is 5.82 Å². The molecule has 0 amide bonds. The molecule has 0 unspecified atom stereocenters. The minimum absolute atomic E-state index is 0.610. The molecule has 1 aromatic rings. The number of aryl methyl sites for hydroxylation is 1. The fraction of sp³-hybridized carbons (Fsp3) is 0.750. The molecule has 0 radical (unpaired) electrons. The zero-order chi connectivity index (χ0) is 10.8. The largest absolute Gasteiger partial charge is 0.366 e. The first-order chi connectivity index (χ1) is 7.13. The molecule has 3 nitrogen and oxygen atoms in total. The Morgan fingerprint density at radius 2 is 1.93 bits per heavy atom. The van der Waals surface area contributed by atoms with Gasteiger partial charge in [-0.3, -0.25) is 4.68 Å². The zero-order valence-electron chi connectivity index (χ0n) is 9.90. The number of nitrogens with one attached hydrogen (secondary N) is 1.